The number of amides is 1. The monoisotopic (exact) mass is 567 g/mol. The summed E-state index contributed by atoms with van der Waals surface area (Å²) < 4.78 is 44.3. The minimum atomic E-state index is -4.10. The molecule has 0 atom stereocenters. The summed E-state index contributed by atoms with van der Waals surface area (Å²) in [6.07, 6.45) is 1.40. The molecular formula is C29H33N3O7S. The van der Waals surface area contributed by atoms with Gasteiger partial charge in [-0.15, -0.1) is 0 Å². The molecule has 0 heterocycles. The van der Waals surface area contributed by atoms with E-state index in [2.05, 4.69) is 10.5 Å². The minimum absolute atomic E-state index is 0.0339. The maximum absolute atomic E-state index is 13.5. The first-order valence-corrected chi connectivity index (χ1v) is 14.0. The van der Waals surface area contributed by atoms with Gasteiger partial charge < -0.3 is 14.2 Å². The van der Waals surface area contributed by atoms with E-state index in [4.69, 9.17) is 14.2 Å². The van der Waals surface area contributed by atoms with E-state index < -0.39 is 34.0 Å². The van der Waals surface area contributed by atoms with Crippen molar-refractivity contribution >= 4 is 33.8 Å². The molecule has 0 aromatic heterocycles. The van der Waals surface area contributed by atoms with Crippen LogP contribution >= 0.6 is 0 Å². The maximum Gasteiger partial charge on any atom is 0.344 e. The molecule has 0 unspecified atom stereocenters. The fourth-order valence-corrected chi connectivity index (χ4v) is 4.92. The SMILES string of the molecule is CCOc1ccccc1N(CC(=O)N/N=C\c1ccc(OCC(=O)OC(C)(C)C)cc1)S(=O)(=O)c1ccccc1. The average molecular weight is 568 g/mol. The van der Waals surface area contributed by atoms with Crippen molar-refractivity contribution in [3.05, 3.63) is 84.4 Å². The van der Waals surface area contributed by atoms with Crippen molar-refractivity contribution in [2.24, 2.45) is 5.10 Å². The average Bonchev–Trinajstić information content (AvgIpc) is 2.91. The standard InChI is InChI=1S/C29H33N3O7S/c1-5-37-26-14-10-9-13-25(26)32(40(35,36)24-11-7-6-8-12-24)20-27(33)31-30-19-22-15-17-23(18-16-22)38-21-28(34)39-29(2,3)4/h6-19H,5,20-21H2,1-4H3,(H,31,33)/b30-19-. The number of carbonyl (C=O) groups excluding carboxylic acids is 2. The highest BCUT2D eigenvalue weighted by molar-refractivity contribution is 7.92. The largest absolute Gasteiger partial charge is 0.492 e. The molecule has 1 N–H and O–H groups in total. The summed E-state index contributed by atoms with van der Waals surface area (Å²) in [4.78, 5) is 24.7. The van der Waals surface area contributed by atoms with Gasteiger partial charge in [-0.25, -0.2) is 18.6 Å². The molecule has 0 bridgehead atoms. The minimum Gasteiger partial charge on any atom is -0.492 e. The molecule has 11 heteroatoms. The Balaban J connectivity index is 1.68. The molecule has 0 saturated heterocycles. The molecular weight excluding hydrogens is 534 g/mol. The number of carbonyl (C=O) groups is 2. The molecule has 40 heavy (non-hydrogen) atoms. The quantitative estimate of drug-likeness (QED) is 0.198. The van der Waals surface area contributed by atoms with Crippen LogP contribution in [0.15, 0.2) is 88.9 Å². The number of esters is 1. The topological polar surface area (TPSA) is 124 Å². The first-order chi connectivity index (χ1) is 19.0. The van der Waals surface area contributed by atoms with Crippen LogP contribution in [-0.4, -0.2) is 51.9 Å². The molecule has 3 rings (SSSR count). The number of nitrogens with one attached hydrogen (secondary N) is 1. The van der Waals surface area contributed by atoms with Gasteiger partial charge in [-0.3, -0.25) is 9.10 Å². The second kappa shape index (κ2) is 13.6. The molecule has 0 aliphatic rings. The Kier molecular flexibility index (Phi) is 10.3. The van der Waals surface area contributed by atoms with E-state index in [0.717, 1.165) is 4.31 Å². The van der Waals surface area contributed by atoms with Crippen LogP contribution < -0.4 is 19.2 Å². The maximum atomic E-state index is 13.5. The highest BCUT2D eigenvalue weighted by atomic mass is 32.2. The number of benzene rings is 3. The number of hydrazone groups is 1. The molecule has 1 amide bonds. The predicted octanol–water partition coefficient (Wildman–Crippen LogP) is 4.15. The van der Waals surface area contributed by atoms with Crippen molar-refractivity contribution < 1.29 is 32.2 Å². The van der Waals surface area contributed by atoms with Gasteiger partial charge in [0.1, 0.15) is 23.6 Å². The smallest absolute Gasteiger partial charge is 0.344 e. The van der Waals surface area contributed by atoms with Crippen LogP contribution in [0.5, 0.6) is 11.5 Å². The van der Waals surface area contributed by atoms with Gasteiger partial charge in [0.05, 0.1) is 23.4 Å². The molecule has 0 aliphatic heterocycles. The van der Waals surface area contributed by atoms with Crippen LogP contribution in [-0.2, 0) is 24.3 Å². The van der Waals surface area contributed by atoms with Crippen molar-refractivity contribution in [2.45, 2.75) is 38.2 Å². The lowest BCUT2D eigenvalue weighted by Gasteiger charge is -2.25. The highest BCUT2D eigenvalue weighted by Crippen LogP contribution is 2.32. The van der Waals surface area contributed by atoms with E-state index in [1.807, 2.05) is 0 Å². The van der Waals surface area contributed by atoms with Crippen molar-refractivity contribution in [2.75, 3.05) is 24.1 Å². The zero-order valence-corrected chi connectivity index (χ0v) is 23.7. The Morgan fingerprint density at radius 1 is 0.925 bits per heavy atom. The van der Waals surface area contributed by atoms with Crippen LogP contribution in [0.2, 0.25) is 0 Å². The summed E-state index contributed by atoms with van der Waals surface area (Å²) in [7, 11) is -4.10. The summed E-state index contributed by atoms with van der Waals surface area (Å²) in [5.41, 5.74) is 2.65. The molecule has 0 saturated carbocycles. The van der Waals surface area contributed by atoms with E-state index >= 15 is 0 Å². The fraction of sp³-hybridized carbons (Fsp3) is 0.276. The lowest BCUT2D eigenvalue weighted by atomic mass is 10.2. The van der Waals surface area contributed by atoms with Crippen molar-refractivity contribution in [1.82, 2.24) is 5.43 Å². The first-order valence-electron chi connectivity index (χ1n) is 12.6. The third kappa shape index (κ3) is 8.84. The number of para-hydroxylation sites is 2. The lowest BCUT2D eigenvalue weighted by Crippen LogP contribution is -2.39. The van der Waals surface area contributed by atoms with Gasteiger partial charge in [0.25, 0.3) is 15.9 Å². The van der Waals surface area contributed by atoms with E-state index in [9.17, 15) is 18.0 Å². The highest BCUT2D eigenvalue weighted by Gasteiger charge is 2.29. The number of nitrogens with zero attached hydrogens (tertiary/aromatic N) is 2. The van der Waals surface area contributed by atoms with Gasteiger partial charge in [-0.2, -0.15) is 5.10 Å². The van der Waals surface area contributed by atoms with Gasteiger partial charge in [-0.05, 0) is 81.8 Å². The Morgan fingerprint density at radius 3 is 2.23 bits per heavy atom. The summed E-state index contributed by atoms with van der Waals surface area (Å²) in [5, 5.41) is 3.95. The Morgan fingerprint density at radius 2 is 1.57 bits per heavy atom. The normalized spacial score (nSPS) is 11.6. The van der Waals surface area contributed by atoms with Crippen molar-refractivity contribution in [1.29, 1.82) is 0 Å². The number of sulfonamides is 1. The molecule has 0 radical (unpaired) electrons. The third-order valence-corrected chi connectivity index (χ3v) is 6.89. The van der Waals surface area contributed by atoms with Crippen molar-refractivity contribution in [3.63, 3.8) is 0 Å². The first kappa shape index (κ1) is 30.2. The van der Waals surface area contributed by atoms with Crippen LogP contribution in [0.3, 0.4) is 0 Å². The molecule has 212 valence electrons. The van der Waals surface area contributed by atoms with E-state index in [1.54, 1.807) is 94.4 Å². The molecule has 3 aromatic rings. The second-order valence-corrected chi connectivity index (χ2v) is 11.3. The molecule has 10 nitrogen and oxygen atoms in total. The Bertz CT molecular complexity index is 1420. The lowest BCUT2D eigenvalue weighted by molar-refractivity contribution is -0.157. The van der Waals surface area contributed by atoms with E-state index in [-0.39, 0.29) is 17.2 Å². The number of anilines is 1. The molecule has 3 aromatic carbocycles. The summed E-state index contributed by atoms with van der Waals surface area (Å²) in [6, 6.07) is 21.1. The number of hydrogen-bond donors (Lipinski definition) is 1. The summed E-state index contributed by atoms with van der Waals surface area (Å²) in [5.74, 6) is -0.344. The zero-order chi connectivity index (χ0) is 29.2. The van der Waals surface area contributed by atoms with E-state index in [0.29, 0.717) is 23.7 Å². The van der Waals surface area contributed by atoms with E-state index in [1.165, 1.54) is 18.3 Å². The second-order valence-electron chi connectivity index (χ2n) is 9.46. The third-order valence-electron chi connectivity index (χ3n) is 5.11. The molecule has 0 spiro atoms. The van der Waals surface area contributed by atoms with Crippen LogP contribution in [0.25, 0.3) is 0 Å². The molecule has 0 fully saturated rings. The summed E-state index contributed by atoms with van der Waals surface area (Å²) >= 11 is 0. The number of rotatable bonds is 12. The Hall–Kier alpha value is -4.38. The van der Waals surface area contributed by atoms with Gasteiger partial charge in [0, 0.05) is 0 Å². The van der Waals surface area contributed by atoms with Gasteiger partial charge in [-0.1, -0.05) is 30.3 Å². The number of hydrogen-bond acceptors (Lipinski definition) is 8. The molecule has 0 aliphatic carbocycles. The predicted molar refractivity (Wildman–Crippen MR) is 152 cm³/mol. The van der Waals surface area contributed by atoms with Crippen molar-refractivity contribution in [3.8, 4) is 11.5 Å². The van der Waals surface area contributed by atoms with Gasteiger partial charge >= 0.3 is 5.97 Å². The number of ether oxygens (including phenoxy) is 3. The fourth-order valence-electron chi connectivity index (χ4n) is 3.47. The zero-order valence-electron chi connectivity index (χ0n) is 22.9. The van der Waals surface area contributed by atoms with Gasteiger partial charge in [0.15, 0.2) is 6.61 Å². The van der Waals surface area contributed by atoms with Crippen LogP contribution in [0.1, 0.15) is 33.3 Å². The van der Waals surface area contributed by atoms with Gasteiger partial charge in [0.2, 0.25) is 0 Å². The van der Waals surface area contributed by atoms with Crippen LogP contribution in [0, 0.1) is 0 Å². The Labute approximate surface area is 234 Å². The summed E-state index contributed by atoms with van der Waals surface area (Å²) in [6.45, 7) is 6.67. The van der Waals surface area contributed by atoms with Crippen LogP contribution in [0.4, 0.5) is 5.69 Å².